The molecule has 0 bridgehead atoms. The van der Waals surface area contributed by atoms with E-state index in [9.17, 15) is 9.59 Å². The fourth-order valence-electron chi connectivity index (χ4n) is 3.40. The average molecular weight is 318 g/mol. The Kier molecular flexibility index (Phi) is 4.15. The SMILES string of the molecule is CCC12COC(=O)N1CCN(C(=O)Cc1ccccc1OC)C2. The van der Waals surface area contributed by atoms with E-state index in [-0.39, 0.29) is 17.5 Å². The van der Waals surface area contributed by atoms with Crippen LogP contribution in [0.15, 0.2) is 24.3 Å². The number of cyclic esters (lactones) is 1. The minimum absolute atomic E-state index is 0.0568. The molecule has 1 atom stereocenters. The molecule has 1 aromatic rings. The third-order valence-corrected chi connectivity index (χ3v) is 4.88. The topological polar surface area (TPSA) is 59.1 Å². The Morgan fingerprint density at radius 3 is 2.87 bits per heavy atom. The Morgan fingerprint density at radius 1 is 1.35 bits per heavy atom. The lowest BCUT2D eigenvalue weighted by molar-refractivity contribution is -0.134. The zero-order valence-electron chi connectivity index (χ0n) is 13.6. The lowest BCUT2D eigenvalue weighted by atomic mass is 9.92. The third kappa shape index (κ3) is 2.73. The maximum atomic E-state index is 12.7. The first kappa shape index (κ1) is 15.6. The Balaban J connectivity index is 1.73. The standard InChI is InChI=1S/C17H22N2O4/c1-3-17-11-18(8-9-19(17)16(21)23-12-17)15(20)10-13-6-4-5-7-14(13)22-2/h4-7H,3,8-12H2,1-2H3. The summed E-state index contributed by atoms with van der Waals surface area (Å²) in [6.45, 7) is 4.00. The van der Waals surface area contributed by atoms with Crippen LogP contribution >= 0.6 is 0 Å². The second kappa shape index (κ2) is 6.10. The summed E-state index contributed by atoms with van der Waals surface area (Å²) in [7, 11) is 1.61. The molecule has 0 aliphatic carbocycles. The van der Waals surface area contributed by atoms with E-state index in [2.05, 4.69) is 0 Å². The van der Waals surface area contributed by atoms with Gasteiger partial charge in [0.2, 0.25) is 5.91 Å². The first-order chi connectivity index (χ1) is 11.1. The number of fused-ring (bicyclic) bond motifs is 1. The van der Waals surface area contributed by atoms with E-state index in [1.54, 1.807) is 12.0 Å². The number of benzene rings is 1. The molecule has 2 aliphatic rings. The average Bonchev–Trinajstić information content (AvgIpc) is 2.92. The second-order valence-electron chi connectivity index (χ2n) is 6.09. The van der Waals surface area contributed by atoms with Crippen LogP contribution in [0.5, 0.6) is 5.75 Å². The minimum Gasteiger partial charge on any atom is -0.496 e. The largest absolute Gasteiger partial charge is 0.496 e. The summed E-state index contributed by atoms with van der Waals surface area (Å²) in [5.74, 6) is 0.783. The number of carbonyl (C=O) groups excluding carboxylic acids is 2. The van der Waals surface area contributed by atoms with Crippen molar-refractivity contribution in [1.29, 1.82) is 0 Å². The number of para-hydroxylation sites is 1. The van der Waals surface area contributed by atoms with E-state index in [4.69, 9.17) is 9.47 Å². The van der Waals surface area contributed by atoms with E-state index in [0.29, 0.717) is 32.7 Å². The number of rotatable bonds is 4. The second-order valence-corrected chi connectivity index (χ2v) is 6.09. The predicted molar refractivity (Wildman–Crippen MR) is 84.4 cm³/mol. The van der Waals surface area contributed by atoms with Crippen LogP contribution in [0.4, 0.5) is 4.79 Å². The molecular formula is C17H22N2O4. The zero-order valence-corrected chi connectivity index (χ0v) is 13.6. The molecule has 124 valence electrons. The van der Waals surface area contributed by atoms with Crippen LogP contribution in [0.3, 0.4) is 0 Å². The number of methoxy groups -OCH3 is 1. The van der Waals surface area contributed by atoms with Gasteiger partial charge in [-0.05, 0) is 12.5 Å². The quantitative estimate of drug-likeness (QED) is 0.847. The molecular weight excluding hydrogens is 296 g/mol. The van der Waals surface area contributed by atoms with E-state index in [1.807, 2.05) is 36.1 Å². The zero-order chi connectivity index (χ0) is 16.4. The van der Waals surface area contributed by atoms with Crippen LogP contribution in [-0.4, -0.2) is 60.7 Å². The van der Waals surface area contributed by atoms with Crippen LogP contribution in [0, 0.1) is 0 Å². The fraction of sp³-hybridized carbons (Fsp3) is 0.529. The lowest BCUT2D eigenvalue weighted by Gasteiger charge is -2.44. The van der Waals surface area contributed by atoms with Crippen molar-refractivity contribution in [3.05, 3.63) is 29.8 Å². The van der Waals surface area contributed by atoms with Gasteiger partial charge in [-0.1, -0.05) is 25.1 Å². The highest BCUT2D eigenvalue weighted by molar-refractivity contribution is 5.80. The van der Waals surface area contributed by atoms with Crippen LogP contribution < -0.4 is 4.74 Å². The molecule has 0 spiro atoms. The number of ether oxygens (including phenoxy) is 2. The number of piperazine rings is 1. The molecule has 1 aromatic carbocycles. The number of nitrogens with zero attached hydrogens (tertiary/aromatic N) is 2. The molecule has 0 saturated carbocycles. The first-order valence-corrected chi connectivity index (χ1v) is 7.94. The number of hydrogen-bond donors (Lipinski definition) is 0. The molecule has 2 aliphatic heterocycles. The molecule has 0 N–H and O–H groups in total. The highest BCUT2D eigenvalue weighted by Gasteiger charge is 2.50. The summed E-state index contributed by atoms with van der Waals surface area (Å²) in [6.07, 6.45) is 0.819. The van der Waals surface area contributed by atoms with E-state index in [1.165, 1.54) is 0 Å². The van der Waals surface area contributed by atoms with E-state index in [0.717, 1.165) is 17.7 Å². The number of hydrogen-bond acceptors (Lipinski definition) is 4. The van der Waals surface area contributed by atoms with Gasteiger partial charge in [0, 0.05) is 25.2 Å². The van der Waals surface area contributed by atoms with Crippen molar-refractivity contribution in [1.82, 2.24) is 9.80 Å². The van der Waals surface area contributed by atoms with E-state index >= 15 is 0 Å². The van der Waals surface area contributed by atoms with Crippen molar-refractivity contribution in [2.45, 2.75) is 25.3 Å². The van der Waals surface area contributed by atoms with Gasteiger partial charge in [-0.2, -0.15) is 0 Å². The van der Waals surface area contributed by atoms with Gasteiger partial charge in [-0.25, -0.2) is 4.79 Å². The van der Waals surface area contributed by atoms with Gasteiger partial charge >= 0.3 is 6.09 Å². The van der Waals surface area contributed by atoms with Gasteiger partial charge in [0.1, 0.15) is 12.4 Å². The smallest absolute Gasteiger partial charge is 0.410 e. The molecule has 0 aromatic heterocycles. The molecule has 2 heterocycles. The van der Waals surface area contributed by atoms with Gasteiger partial charge in [-0.15, -0.1) is 0 Å². The van der Waals surface area contributed by atoms with Crippen LogP contribution in [0.1, 0.15) is 18.9 Å². The van der Waals surface area contributed by atoms with Gasteiger partial charge < -0.3 is 14.4 Å². The van der Waals surface area contributed by atoms with Gasteiger partial charge in [0.25, 0.3) is 0 Å². The summed E-state index contributed by atoms with van der Waals surface area (Å²) in [4.78, 5) is 28.1. The lowest BCUT2D eigenvalue weighted by Crippen LogP contribution is -2.62. The highest BCUT2D eigenvalue weighted by Crippen LogP contribution is 2.32. The molecule has 2 saturated heterocycles. The summed E-state index contributed by atoms with van der Waals surface area (Å²) in [5, 5.41) is 0. The number of amides is 2. The third-order valence-electron chi connectivity index (χ3n) is 4.88. The minimum atomic E-state index is -0.369. The van der Waals surface area contributed by atoms with Crippen LogP contribution in [0.2, 0.25) is 0 Å². The van der Waals surface area contributed by atoms with Crippen molar-refractivity contribution in [3.8, 4) is 5.75 Å². The molecule has 2 fully saturated rings. The molecule has 6 nitrogen and oxygen atoms in total. The van der Waals surface area contributed by atoms with Gasteiger partial charge in [-0.3, -0.25) is 9.69 Å². The molecule has 23 heavy (non-hydrogen) atoms. The maximum Gasteiger partial charge on any atom is 0.410 e. The Labute approximate surface area is 136 Å². The molecule has 6 heteroatoms. The molecule has 2 amide bonds. The summed E-state index contributed by atoms with van der Waals surface area (Å²) < 4.78 is 10.5. The number of carbonyl (C=O) groups is 2. The fourth-order valence-corrected chi connectivity index (χ4v) is 3.40. The molecule has 1 unspecified atom stereocenters. The Hall–Kier alpha value is -2.24. The van der Waals surface area contributed by atoms with Crippen molar-refractivity contribution >= 4 is 12.0 Å². The van der Waals surface area contributed by atoms with Crippen molar-refractivity contribution in [2.24, 2.45) is 0 Å². The first-order valence-electron chi connectivity index (χ1n) is 7.94. The molecule has 3 rings (SSSR count). The normalized spacial score (nSPS) is 23.5. The van der Waals surface area contributed by atoms with Crippen LogP contribution in [-0.2, 0) is 16.0 Å². The molecule has 0 radical (unpaired) electrons. The maximum absolute atomic E-state index is 12.7. The predicted octanol–water partition coefficient (Wildman–Crippen LogP) is 1.68. The van der Waals surface area contributed by atoms with Crippen molar-refractivity contribution in [2.75, 3.05) is 33.4 Å². The van der Waals surface area contributed by atoms with Crippen molar-refractivity contribution < 1.29 is 19.1 Å². The monoisotopic (exact) mass is 318 g/mol. The summed E-state index contributed by atoms with van der Waals surface area (Å²) in [6, 6.07) is 7.56. The van der Waals surface area contributed by atoms with Crippen LogP contribution in [0.25, 0.3) is 0 Å². The Morgan fingerprint density at radius 2 is 2.13 bits per heavy atom. The van der Waals surface area contributed by atoms with Gasteiger partial charge in [0.15, 0.2) is 0 Å². The van der Waals surface area contributed by atoms with Gasteiger partial charge in [0.05, 0.1) is 19.1 Å². The Bertz CT molecular complexity index is 618. The van der Waals surface area contributed by atoms with E-state index < -0.39 is 0 Å². The summed E-state index contributed by atoms with van der Waals surface area (Å²) >= 11 is 0. The highest BCUT2D eigenvalue weighted by atomic mass is 16.6. The van der Waals surface area contributed by atoms with Crippen molar-refractivity contribution in [3.63, 3.8) is 0 Å². The summed E-state index contributed by atoms with van der Waals surface area (Å²) in [5.41, 5.74) is 0.512.